The lowest BCUT2D eigenvalue weighted by atomic mass is 10.1. The molecule has 33 heavy (non-hydrogen) atoms. The topological polar surface area (TPSA) is 99.6 Å². The molecule has 0 aliphatic heterocycles. The first-order valence-electron chi connectivity index (χ1n) is 10.1. The number of carbonyl (C=O) groups is 2. The first-order valence-corrected chi connectivity index (χ1v) is 10.5. The van der Waals surface area contributed by atoms with Gasteiger partial charge >= 0.3 is 12.1 Å². The average Bonchev–Trinajstić information content (AvgIpc) is 2.76. The highest BCUT2D eigenvalue weighted by Crippen LogP contribution is 2.31. The van der Waals surface area contributed by atoms with Crippen molar-refractivity contribution in [2.24, 2.45) is 0 Å². The van der Waals surface area contributed by atoms with Crippen LogP contribution in [0.3, 0.4) is 0 Å². The number of hydrogen-bond donors (Lipinski definition) is 1. The Morgan fingerprint density at radius 3 is 2.52 bits per heavy atom. The Balaban J connectivity index is 1.72. The molecule has 0 radical (unpaired) electrons. The van der Waals surface area contributed by atoms with E-state index >= 15 is 0 Å². The highest BCUT2D eigenvalue weighted by Gasteiger charge is 2.17. The van der Waals surface area contributed by atoms with Crippen LogP contribution in [0.25, 0.3) is 21.8 Å². The van der Waals surface area contributed by atoms with Crippen LogP contribution in [0.15, 0.2) is 54.6 Å². The number of aryl methyl sites for hydroxylation is 1. The minimum absolute atomic E-state index is 0.146. The van der Waals surface area contributed by atoms with Gasteiger partial charge in [0.05, 0.1) is 22.7 Å². The summed E-state index contributed by atoms with van der Waals surface area (Å²) in [5, 5.41) is 5.41. The number of nitrogens with one attached hydrogen (secondary N) is 1. The van der Waals surface area contributed by atoms with E-state index in [1.807, 2.05) is 31.2 Å². The van der Waals surface area contributed by atoms with E-state index in [-0.39, 0.29) is 5.56 Å². The molecule has 9 heteroatoms. The van der Waals surface area contributed by atoms with E-state index < -0.39 is 18.2 Å². The molecule has 0 aliphatic rings. The Bertz CT molecular complexity index is 1370. The SMILES string of the molecule is Cc1ccc2c(Nc3cccc(Cl)c3)nc3cc(C(=O)OOC(=O)OC(C)C)ccc3c2n1. The van der Waals surface area contributed by atoms with Gasteiger partial charge in [0.15, 0.2) is 0 Å². The van der Waals surface area contributed by atoms with Crippen molar-refractivity contribution in [1.82, 2.24) is 9.97 Å². The van der Waals surface area contributed by atoms with Gasteiger partial charge in [0.25, 0.3) is 0 Å². The van der Waals surface area contributed by atoms with Gasteiger partial charge in [0.1, 0.15) is 5.82 Å². The first-order chi connectivity index (χ1) is 15.8. The van der Waals surface area contributed by atoms with Crippen LogP contribution in [0.5, 0.6) is 0 Å². The van der Waals surface area contributed by atoms with Crippen LogP contribution in [0.2, 0.25) is 5.02 Å². The maximum absolute atomic E-state index is 12.4. The second kappa shape index (κ2) is 9.30. The number of rotatable bonds is 4. The Labute approximate surface area is 194 Å². The smallest absolute Gasteiger partial charge is 0.429 e. The molecule has 0 saturated carbocycles. The van der Waals surface area contributed by atoms with Crippen molar-refractivity contribution in [2.45, 2.75) is 26.9 Å². The Hall–Kier alpha value is -3.91. The molecule has 1 N–H and O–H groups in total. The van der Waals surface area contributed by atoms with E-state index in [4.69, 9.17) is 21.3 Å². The monoisotopic (exact) mass is 465 g/mol. The third kappa shape index (κ3) is 5.12. The summed E-state index contributed by atoms with van der Waals surface area (Å²) in [5.41, 5.74) is 2.96. The Kier molecular flexibility index (Phi) is 6.28. The number of benzene rings is 2. The third-order valence-corrected chi connectivity index (χ3v) is 4.85. The fourth-order valence-electron chi connectivity index (χ4n) is 3.22. The van der Waals surface area contributed by atoms with Crippen LogP contribution >= 0.6 is 11.6 Å². The molecule has 0 aliphatic carbocycles. The molecular weight excluding hydrogens is 446 g/mol. The number of hydrogen-bond acceptors (Lipinski definition) is 8. The van der Waals surface area contributed by atoms with Gasteiger partial charge in [-0.3, -0.25) is 4.98 Å². The molecule has 0 fully saturated rings. The van der Waals surface area contributed by atoms with E-state index in [2.05, 4.69) is 20.1 Å². The van der Waals surface area contributed by atoms with Crippen molar-refractivity contribution < 1.29 is 24.1 Å². The number of ether oxygens (including phenoxy) is 1. The lowest BCUT2D eigenvalue weighted by Gasteiger charge is -2.12. The van der Waals surface area contributed by atoms with Crippen LogP contribution in [-0.2, 0) is 14.5 Å². The summed E-state index contributed by atoms with van der Waals surface area (Å²) in [4.78, 5) is 42.2. The molecule has 2 aromatic heterocycles. The molecule has 2 heterocycles. The van der Waals surface area contributed by atoms with Crippen molar-refractivity contribution in [3.63, 3.8) is 0 Å². The van der Waals surface area contributed by atoms with Gasteiger partial charge in [-0.1, -0.05) is 17.7 Å². The van der Waals surface area contributed by atoms with Crippen LogP contribution in [-0.4, -0.2) is 28.2 Å². The summed E-state index contributed by atoms with van der Waals surface area (Å²) in [6, 6.07) is 15.9. The van der Waals surface area contributed by atoms with E-state index in [1.165, 1.54) is 0 Å². The minimum atomic E-state index is -1.10. The van der Waals surface area contributed by atoms with Crippen molar-refractivity contribution >= 4 is 57.0 Å². The molecule has 2 aromatic carbocycles. The lowest BCUT2D eigenvalue weighted by molar-refractivity contribution is -0.206. The third-order valence-electron chi connectivity index (χ3n) is 4.62. The predicted molar refractivity (Wildman–Crippen MR) is 125 cm³/mol. The molecule has 0 saturated heterocycles. The number of nitrogens with zero attached hydrogens (tertiary/aromatic N) is 2. The second-order valence-corrected chi connectivity index (χ2v) is 7.98. The van der Waals surface area contributed by atoms with Crippen molar-refractivity contribution in [1.29, 1.82) is 0 Å². The molecule has 0 unspecified atom stereocenters. The standard InChI is InChI=1S/C24H20ClN3O5/c1-13(2)31-24(30)33-32-23(29)15-8-10-18-20(11-15)28-22(19-9-7-14(3)26-21(18)19)27-17-6-4-5-16(25)12-17/h4-13H,1-3H3,(H,27,28). The van der Waals surface area contributed by atoms with Gasteiger partial charge in [0.2, 0.25) is 0 Å². The van der Waals surface area contributed by atoms with Gasteiger partial charge in [-0.25, -0.2) is 19.6 Å². The molecule has 8 nitrogen and oxygen atoms in total. The maximum atomic E-state index is 12.4. The Morgan fingerprint density at radius 2 is 1.76 bits per heavy atom. The summed E-state index contributed by atoms with van der Waals surface area (Å²) in [6.07, 6.45) is -1.51. The van der Waals surface area contributed by atoms with Crippen LogP contribution in [0.1, 0.15) is 29.9 Å². The maximum Gasteiger partial charge on any atom is 0.550 e. The van der Waals surface area contributed by atoms with Gasteiger partial charge in [-0.15, -0.1) is 0 Å². The zero-order valence-corrected chi connectivity index (χ0v) is 18.8. The van der Waals surface area contributed by atoms with Gasteiger partial charge in [-0.2, -0.15) is 4.79 Å². The summed E-state index contributed by atoms with van der Waals surface area (Å²) in [6.45, 7) is 5.19. The van der Waals surface area contributed by atoms with Crippen molar-refractivity contribution in [2.75, 3.05) is 5.32 Å². The normalized spacial score (nSPS) is 10.9. The quantitative estimate of drug-likeness (QED) is 0.166. The molecular formula is C24H20ClN3O5. The van der Waals surface area contributed by atoms with Gasteiger partial charge < -0.3 is 10.1 Å². The van der Waals surface area contributed by atoms with Crippen LogP contribution < -0.4 is 5.32 Å². The highest BCUT2D eigenvalue weighted by atomic mass is 35.5. The number of anilines is 2. The average molecular weight is 466 g/mol. The molecule has 4 rings (SSSR count). The minimum Gasteiger partial charge on any atom is -0.429 e. The molecule has 168 valence electrons. The number of aromatic nitrogens is 2. The van der Waals surface area contributed by atoms with E-state index in [9.17, 15) is 9.59 Å². The summed E-state index contributed by atoms with van der Waals surface area (Å²) < 4.78 is 4.77. The number of carbonyl (C=O) groups excluding carboxylic acids is 2. The molecule has 0 bridgehead atoms. The van der Waals surface area contributed by atoms with Crippen LogP contribution in [0, 0.1) is 6.92 Å². The number of fused-ring (bicyclic) bond motifs is 3. The number of pyridine rings is 2. The van der Waals surface area contributed by atoms with Crippen molar-refractivity contribution in [3.8, 4) is 0 Å². The van der Waals surface area contributed by atoms with Gasteiger partial charge in [0, 0.05) is 27.2 Å². The zero-order chi connectivity index (χ0) is 23.5. The lowest BCUT2D eigenvalue weighted by Crippen LogP contribution is -2.16. The fourth-order valence-corrected chi connectivity index (χ4v) is 3.41. The van der Waals surface area contributed by atoms with Crippen molar-refractivity contribution in [3.05, 3.63) is 70.9 Å². The molecule has 0 spiro atoms. The first kappa shape index (κ1) is 22.3. The zero-order valence-electron chi connectivity index (χ0n) is 18.1. The molecule has 0 amide bonds. The summed E-state index contributed by atoms with van der Waals surface area (Å²) >= 11 is 6.11. The summed E-state index contributed by atoms with van der Waals surface area (Å²) in [7, 11) is 0. The second-order valence-electron chi connectivity index (χ2n) is 7.55. The largest absolute Gasteiger partial charge is 0.550 e. The van der Waals surface area contributed by atoms with E-state index in [0.29, 0.717) is 16.4 Å². The van der Waals surface area contributed by atoms with Crippen LogP contribution in [0.4, 0.5) is 16.3 Å². The molecule has 4 aromatic rings. The number of halogens is 1. The Morgan fingerprint density at radius 1 is 0.970 bits per heavy atom. The highest BCUT2D eigenvalue weighted by molar-refractivity contribution is 6.30. The van der Waals surface area contributed by atoms with E-state index in [0.717, 1.165) is 27.7 Å². The van der Waals surface area contributed by atoms with E-state index in [1.54, 1.807) is 44.2 Å². The molecule has 0 atom stereocenters. The van der Waals surface area contributed by atoms with Gasteiger partial charge in [-0.05, 0) is 69.3 Å². The fraction of sp³-hybridized carbons (Fsp3) is 0.167. The summed E-state index contributed by atoms with van der Waals surface area (Å²) in [5.74, 6) is -0.310. The predicted octanol–water partition coefficient (Wildman–Crippen LogP) is 6.12.